The molecule has 0 fully saturated rings. The highest BCUT2D eigenvalue weighted by molar-refractivity contribution is 7.98. The van der Waals surface area contributed by atoms with Crippen molar-refractivity contribution >= 4 is 46.3 Å². The van der Waals surface area contributed by atoms with E-state index in [9.17, 15) is 14.0 Å². The zero-order valence-electron chi connectivity index (χ0n) is 20.1. The van der Waals surface area contributed by atoms with Gasteiger partial charge in [-0.2, -0.15) is 11.8 Å². The lowest BCUT2D eigenvalue weighted by Gasteiger charge is -2.23. The largest absolute Gasteiger partial charge is 0.482 e. The number of nitrogens with one attached hydrogen (secondary N) is 2. The normalized spacial score (nSPS) is 18.9. The summed E-state index contributed by atoms with van der Waals surface area (Å²) in [4.78, 5) is 29.5. The molecule has 35 heavy (non-hydrogen) atoms. The van der Waals surface area contributed by atoms with E-state index in [2.05, 4.69) is 15.6 Å². The lowest BCUT2D eigenvalue weighted by atomic mass is 9.93. The predicted octanol–water partition coefficient (Wildman–Crippen LogP) is 4.87. The fraction of sp³-hybridized carbons (Fsp3) is 0.346. The van der Waals surface area contributed by atoms with Gasteiger partial charge in [0.05, 0.1) is 17.9 Å². The number of hydrogen-bond donors (Lipinski definition) is 2. The Bertz CT molecular complexity index is 1210. The van der Waals surface area contributed by atoms with Crippen molar-refractivity contribution in [3.63, 3.8) is 0 Å². The van der Waals surface area contributed by atoms with E-state index in [1.807, 2.05) is 38.3 Å². The average Bonchev–Trinajstić information content (AvgIpc) is 3.31. The molecule has 0 saturated heterocycles. The van der Waals surface area contributed by atoms with E-state index in [1.54, 1.807) is 30.9 Å². The van der Waals surface area contributed by atoms with Crippen LogP contribution in [0, 0.1) is 5.82 Å². The molecule has 0 radical (unpaired) electrons. The minimum Gasteiger partial charge on any atom is -0.482 e. The summed E-state index contributed by atoms with van der Waals surface area (Å²) < 4.78 is 25.0. The molecule has 2 aliphatic rings. The number of pyridine rings is 1. The number of carbonyl (C=O) groups is 2. The van der Waals surface area contributed by atoms with Crippen LogP contribution in [0.2, 0.25) is 0 Å². The molecule has 2 N–H and O–H groups in total. The number of fused-ring (bicyclic) bond motifs is 1. The number of nitrogens with zero attached hydrogens (tertiary/aromatic N) is 1. The summed E-state index contributed by atoms with van der Waals surface area (Å²) >= 11 is 1.66. The second-order valence-electron chi connectivity index (χ2n) is 8.72. The van der Waals surface area contributed by atoms with Crippen molar-refractivity contribution in [1.82, 2.24) is 4.98 Å². The zero-order chi connectivity index (χ0) is 25.2. The molecule has 3 heterocycles. The molecule has 7 nitrogen and oxygen atoms in total. The number of allylic oxidation sites excluding steroid dienone is 1. The van der Waals surface area contributed by atoms with Crippen molar-refractivity contribution in [3.8, 4) is 0 Å². The first-order chi connectivity index (χ1) is 16.7. The Morgan fingerprint density at radius 1 is 1.31 bits per heavy atom. The maximum Gasteiger partial charge on any atom is 0.328 e. The van der Waals surface area contributed by atoms with Gasteiger partial charge in [0, 0.05) is 22.9 Å². The van der Waals surface area contributed by atoms with E-state index in [4.69, 9.17) is 9.47 Å². The summed E-state index contributed by atoms with van der Waals surface area (Å²) in [5.41, 5.74) is 2.37. The minimum absolute atomic E-state index is 0.299. The van der Waals surface area contributed by atoms with Gasteiger partial charge >= 0.3 is 5.97 Å². The van der Waals surface area contributed by atoms with E-state index >= 15 is 0 Å². The van der Waals surface area contributed by atoms with E-state index in [0.29, 0.717) is 41.4 Å². The third-order valence-electron chi connectivity index (χ3n) is 5.84. The molecule has 4 rings (SSSR count). The van der Waals surface area contributed by atoms with E-state index in [0.717, 1.165) is 16.9 Å². The Kier molecular flexibility index (Phi) is 7.16. The molecule has 1 atom stereocenters. The van der Waals surface area contributed by atoms with Gasteiger partial charge < -0.3 is 20.1 Å². The predicted molar refractivity (Wildman–Crippen MR) is 136 cm³/mol. The highest BCUT2D eigenvalue weighted by Gasteiger charge is 2.38. The Morgan fingerprint density at radius 3 is 2.80 bits per heavy atom. The molecular formula is C26H28FN3O4S. The molecule has 1 aromatic carbocycles. The third-order valence-corrected chi connectivity index (χ3v) is 6.48. The Balaban J connectivity index is 1.60. The van der Waals surface area contributed by atoms with Gasteiger partial charge in [-0.05, 0) is 75.6 Å². The molecule has 0 spiro atoms. The summed E-state index contributed by atoms with van der Waals surface area (Å²) in [7, 11) is 0. The highest BCUT2D eigenvalue weighted by Crippen LogP contribution is 2.44. The molecule has 1 aromatic heterocycles. The van der Waals surface area contributed by atoms with Crippen LogP contribution < -0.4 is 10.6 Å². The van der Waals surface area contributed by atoms with Crippen molar-refractivity contribution in [3.05, 3.63) is 65.3 Å². The molecular weight excluding hydrogens is 469 g/mol. The molecule has 9 heteroatoms. The number of amides is 1. The van der Waals surface area contributed by atoms with Crippen LogP contribution in [0.5, 0.6) is 0 Å². The molecule has 0 unspecified atom stereocenters. The van der Waals surface area contributed by atoms with Gasteiger partial charge in [-0.1, -0.05) is 0 Å². The van der Waals surface area contributed by atoms with Crippen LogP contribution in [-0.4, -0.2) is 47.1 Å². The number of thioether (sulfide) groups is 1. The number of hydrogen-bond acceptors (Lipinski definition) is 7. The SMILES string of the molecule is CCOC(=O)[C@H](CCSC)Nc1ccc(C2=CC(=C3C(=O)Nc4cc(F)ccc43)OC2(C)C)cn1. The van der Waals surface area contributed by atoms with Crippen molar-refractivity contribution in [1.29, 1.82) is 0 Å². The van der Waals surface area contributed by atoms with Crippen LogP contribution in [0.25, 0.3) is 11.1 Å². The number of rotatable bonds is 8. The number of carbonyl (C=O) groups excluding carboxylic acids is 2. The lowest BCUT2D eigenvalue weighted by Crippen LogP contribution is -2.32. The summed E-state index contributed by atoms with van der Waals surface area (Å²) in [6.07, 6.45) is 6.16. The van der Waals surface area contributed by atoms with Gasteiger partial charge in [-0.3, -0.25) is 4.79 Å². The average molecular weight is 498 g/mol. The number of halogens is 1. The van der Waals surface area contributed by atoms with Gasteiger partial charge in [0.2, 0.25) is 0 Å². The highest BCUT2D eigenvalue weighted by atomic mass is 32.2. The Labute approximate surface area is 208 Å². The van der Waals surface area contributed by atoms with E-state index < -0.39 is 17.5 Å². The van der Waals surface area contributed by atoms with Gasteiger partial charge in [0.15, 0.2) is 0 Å². The maximum absolute atomic E-state index is 13.6. The summed E-state index contributed by atoms with van der Waals surface area (Å²) in [6.45, 7) is 5.93. The van der Waals surface area contributed by atoms with E-state index in [1.165, 1.54) is 12.1 Å². The molecule has 0 aliphatic carbocycles. The topological polar surface area (TPSA) is 89.5 Å². The molecule has 184 valence electrons. The monoisotopic (exact) mass is 497 g/mol. The van der Waals surface area contributed by atoms with Gasteiger partial charge in [-0.25, -0.2) is 14.2 Å². The first-order valence-corrected chi connectivity index (χ1v) is 12.8. The molecule has 2 aliphatic heterocycles. The van der Waals surface area contributed by atoms with Gasteiger partial charge in [0.1, 0.15) is 29.0 Å². The first kappa shape index (κ1) is 24.8. The molecule has 0 saturated carbocycles. The fourth-order valence-electron chi connectivity index (χ4n) is 4.15. The number of ether oxygens (including phenoxy) is 2. The van der Waals surface area contributed by atoms with Crippen molar-refractivity contribution in [2.45, 2.75) is 38.8 Å². The second kappa shape index (κ2) is 10.1. The fourth-order valence-corrected chi connectivity index (χ4v) is 4.62. The van der Waals surface area contributed by atoms with Crippen molar-refractivity contribution in [2.24, 2.45) is 0 Å². The lowest BCUT2D eigenvalue weighted by molar-refractivity contribution is -0.144. The summed E-state index contributed by atoms with van der Waals surface area (Å²) in [6, 6.07) is 7.42. The van der Waals surface area contributed by atoms with Crippen LogP contribution in [-0.2, 0) is 19.1 Å². The minimum atomic E-state index is -0.714. The van der Waals surface area contributed by atoms with Crippen LogP contribution in [0.1, 0.15) is 38.3 Å². The van der Waals surface area contributed by atoms with Crippen LogP contribution in [0.3, 0.4) is 0 Å². The number of esters is 1. The molecule has 1 amide bonds. The number of anilines is 2. The summed E-state index contributed by atoms with van der Waals surface area (Å²) in [5.74, 6) is 0.754. The zero-order valence-corrected chi connectivity index (χ0v) is 20.9. The number of benzene rings is 1. The van der Waals surface area contributed by atoms with Gasteiger partial charge in [0.25, 0.3) is 5.91 Å². The smallest absolute Gasteiger partial charge is 0.328 e. The Hall–Kier alpha value is -3.33. The van der Waals surface area contributed by atoms with E-state index in [-0.39, 0.29) is 11.9 Å². The summed E-state index contributed by atoms with van der Waals surface area (Å²) in [5, 5.41) is 5.87. The standard InChI is InChI=1S/C26H28FN3O4S/c1-5-33-25(32)19(10-11-35-4)29-22-9-6-15(14-28-22)18-13-21(34-26(18,2)3)23-17-8-7-16(27)12-20(17)30-24(23)31/h6-9,12-14,19H,5,10-11H2,1-4H3,(H,28,29)(H,30,31)/t19-/m0/s1. The second-order valence-corrected chi connectivity index (χ2v) is 9.70. The van der Waals surface area contributed by atoms with Crippen molar-refractivity contribution < 1.29 is 23.5 Å². The first-order valence-electron chi connectivity index (χ1n) is 11.4. The Morgan fingerprint density at radius 2 is 2.11 bits per heavy atom. The number of aromatic nitrogens is 1. The van der Waals surface area contributed by atoms with Crippen LogP contribution >= 0.6 is 11.8 Å². The van der Waals surface area contributed by atoms with Gasteiger partial charge in [-0.15, -0.1) is 0 Å². The molecule has 0 bridgehead atoms. The van der Waals surface area contributed by atoms with Crippen LogP contribution in [0.4, 0.5) is 15.9 Å². The quantitative estimate of drug-likeness (QED) is 0.397. The molecule has 2 aromatic rings. The van der Waals surface area contributed by atoms with Crippen molar-refractivity contribution in [2.75, 3.05) is 29.2 Å². The third kappa shape index (κ3) is 5.19. The maximum atomic E-state index is 13.6. The van der Waals surface area contributed by atoms with Crippen LogP contribution in [0.15, 0.2) is 48.4 Å².